The molecule has 1 aromatic heterocycles. The summed E-state index contributed by atoms with van der Waals surface area (Å²) < 4.78 is 0. The Labute approximate surface area is 103 Å². The Morgan fingerprint density at radius 1 is 1.29 bits per heavy atom. The predicted octanol–water partition coefficient (Wildman–Crippen LogP) is 3.71. The van der Waals surface area contributed by atoms with Gasteiger partial charge >= 0.3 is 0 Å². The first-order valence-electron chi connectivity index (χ1n) is 6.69. The zero-order chi connectivity index (χ0) is 11.7. The van der Waals surface area contributed by atoms with Gasteiger partial charge in [-0.25, -0.2) is 0 Å². The number of hydrogen-bond donors (Lipinski definition) is 1. The molecule has 0 bridgehead atoms. The molecular weight excluding hydrogens is 208 g/mol. The zero-order valence-corrected chi connectivity index (χ0v) is 10.4. The predicted molar refractivity (Wildman–Crippen MR) is 72.1 cm³/mol. The summed E-state index contributed by atoms with van der Waals surface area (Å²) in [6.45, 7) is 4.69. The van der Waals surface area contributed by atoms with Crippen LogP contribution in [0, 0.1) is 0 Å². The number of nitrogens with one attached hydrogen (secondary N) is 1. The number of aromatic amines is 1. The number of hydrogen-bond acceptors (Lipinski definition) is 1. The van der Waals surface area contributed by atoms with Gasteiger partial charge in [0.1, 0.15) is 0 Å². The molecule has 2 heteroatoms. The molecule has 1 aliphatic rings. The van der Waals surface area contributed by atoms with Gasteiger partial charge in [-0.15, -0.1) is 0 Å². The number of nitrogens with zero attached hydrogens (tertiary/aromatic N) is 1. The van der Waals surface area contributed by atoms with Crippen molar-refractivity contribution in [3.63, 3.8) is 0 Å². The molecule has 1 atom stereocenters. The molecule has 90 valence electrons. The van der Waals surface area contributed by atoms with Crippen LogP contribution in [0.5, 0.6) is 0 Å². The first kappa shape index (κ1) is 10.8. The molecule has 1 N–H and O–H groups in total. The van der Waals surface area contributed by atoms with Crippen molar-refractivity contribution in [2.24, 2.45) is 0 Å². The fourth-order valence-electron chi connectivity index (χ4n) is 3.03. The Kier molecular flexibility index (Phi) is 2.89. The monoisotopic (exact) mass is 228 g/mol. The van der Waals surface area contributed by atoms with Crippen LogP contribution >= 0.6 is 0 Å². The van der Waals surface area contributed by atoms with E-state index in [-0.39, 0.29) is 0 Å². The molecule has 0 radical (unpaired) electrons. The van der Waals surface area contributed by atoms with Crippen LogP contribution in [-0.4, -0.2) is 23.0 Å². The Hall–Kier alpha value is -1.28. The van der Waals surface area contributed by atoms with Gasteiger partial charge in [-0.1, -0.05) is 19.4 Å². The van der Waals surface area contributed by atoms with E-state index in [0.717, 1.165) is 6.54 Å². The third kappa shape index (κ3) is 1.98. The number of likely N-dealkylation sites (tertiary alicyclic amines) is 1. The number of benzene rings is 1. The lowest BCUT2D eigenvalue weighted by atomic mass is 9.94. The third-order valence-electron chi connectivity index (χ3n) is 3.98. The minimum atomic E-state index is 0.632. The number of aromatic nitrogens is 1. The van der Waals surface area contributed by atoms with Crippen LogP contribution in [-0.2, 0) is 0 Å². The van der Waals surface area contributed by atoms with Crippen molar-refractivity contribution in [1.82, 2.24) is 9.88 Å². The number of piperidine rings is 1. The molecule has 1 saturated heterocycles. The maximum Gasteiger partial charge on any atom is 0.0454 e. The van der Waals surface area contributed by atoms with Gasteiger partial charge in [0, 0.05) is 17.8 Å². The molecule has 0 saturated carbocycles. The molecule has 1 fully saturated rings. The summed E-state index contributed by atoms with van der Waals surface area (Å²) in [5.41, 5.74) is 2.73. The van der Waals surface area contributed by atoms with Crippen LogP contribution in [0.1, 0.15) is 37.8 Å². The summed E-state index contributed by atoms with van der Waals surface area (Å²) in [6.07, 6.45) is 6.06. The largest absolute Gasteiger partial charge is 0.361 e. The molecule has 2 nitrogen and oxygen atoms in total. The maximum absolute atomic E-state index is 3.26. The van der Waals surface area contributed by atoms with Crippen molar-refractivity contribution >= 4 is 10.9 Å². The average molecular weight is 228 g/mol. The highest BCUT2D eigenvalue weighted by Crippen LogP contribution is 2.31. The minimum Gasteiger partial charge on any atom is -0.361 e. The van der Waals surface area contributed by atoms with Crippen molar-refractivity contribution in [2.45, 2.75) is 32.2 Å². The van der Waals surface area contributed by atoms with Gasteiger partial charge in [0.2, 0.25) is 0 Å². The molecule has 0 amide bonds. The van der Waals surface area contributed by atoms with E-state index in [0.29, 0.717) is 6.04 Å². The van der Waals surface area contributed by atoms with Crippen LogP contribution < -0.4 is 0 Å². The molecule has 1 unspecified atom stereocenters. The van der Waals surface area contributed by atoms with Crippen LogP contribution in [0.2, 0.25) is 0 Å². The van der Waals surface area contributed by atoms with E-state index in [1.54, 1.807) is 0 Å². The Morgan fingerprint density at radius 3 is 3.12 bits per heavy atom. The highest BCUT2D eigenvalue weighted by molar-refractivity contribution is 5.80. The van der Waals surface area contributed by atoms with Crippen molar-refractivity contribution in [2.75, 3.05) is 13.1 Å². The van der Waals surface area contributed by atoms with Crippen LogP contribution in [0.15, 0.2) is 30.5 Å². The Bertz CT molecular complexity index is 500. The van der Waals surface area contributed by atoms with E-state index >= 15 is 0 Å². The molecule has 17 heavy (non-hydrogen) atoms. The summed E-state index contributed by atoms with van der Waals surface area (Å²) in [7, 11) is 0. The van der Waals surface area contributed by atoms with E-state index < -0.39 is 0 Å². The van der Waals surface area contributed by atoms with Crippen molar-refractivity contribution < 1.29 is 0 Å². The number of H-pyrrole nitrogens is 1. The van der Waals surface area contributed by atoms with Crippen LogP contribution in [0.25, 0.3) is 10.9 Å². The van der Waals surface area contributed by atoms with Gasteiger partial charge in [-0.3, -0.25) is 4.90 Å². The third-order valence-corrected chi connectivity index (χ3v) is 3.98. The van der Waals surface area contributed by atoms with Gasteiger partial charge in [-0.2, -0.15) is 0 Å². The second-order valence-corrected chi connectivity index (χ2v) is 4.96. The second-order valence-electron chi connectivity index (χ2n) is 4.96. The quantitative estimate of drug-likeness (QED) is 0.830. The Balaban J connectivity index is 1.95. The first-order chi connectivity index (χ1) is 8.38. The van der Waals surface area contributed by atoms with E-state index in [2.05, 4.69) is 41.1 Å². The molecule has 3 rings (SSSR count). The summed E-state index contributed by atoms with van der Waals surface area (Å²) in [5, 5.41) is 1.34. The molecule has 0 spiro atoms. The average Bonchev–Trinajstić information content (AvgIpc) is 2.85. The van der Waals surface area contributed by atoms with E-state index in [1.807, 2.05) is 6.20 Å². The van der Waals surface area contributed by atoms with Crippen molar-refractivity contribution in [3.05, 3.63) is 36.0 Å². The SMILES string of the molecule is CCN1CCCCC1c1ccc2[nH]ccc2c1. The normalized spacial score (nSPS) is 22.1. The fourth-order valence-corrected chi connectivity index (χ4v) is 3.03. The van der Waals surface area contributed by atoms with E-state index in [1.165, 1.54) is 42.3 Å². The Morgan fingerprint density at radius 2 is 2.24 bits per heavy atom. The summed E-state index contributed by atoms with van der Waals surface area (Å²) in [4.78, 5) is 5.87. The summed E-state index contributed by atoms with van der Waals surface area (Å²) in [5.74, 6) is 0. The molecule has 1 aromatic carbocycles. The minimum absolute atomic E-state index is 0.632. The standard InChI is InChI=1S/C15H20N2/c1-2-17-10-4-3-5-15(17)13-6-7-14-12(11-13)8-9-16-14/h6-9,11,15-16H,2-5,10H2,1H3. The fraction of sp³-hybridized carbons (Fsp3) is 0.467. The highest BCUT2D eigenvalue weighted by Gasteiger charge is 2.22. The first-order valence-corrected chi connectivity index (χ1v) is 6.69. The summed E-state index contributed by atoms with van der Waals surface area (Å²) in [6, 6.07) is 9.65. The lowest BCUT2D eigenvalue weighted by molar-refractivity contribution is 0.157. The maximum atomic E-state index is 3.26. The second kappa shape index (κ2) is 4.53. The smallest absolute Gasteiger partial charge is 0.0454 e. The molecule has 2 heterocycles. The van der Waals surface area contributed by atoms with E-state index in [4.69, 9.17) is 0 Å². The molecular formula is C15H20N2. The van der Waals surface area contributed by atoms with Gasteiger partial charge < -0.3 is 4.98 Å². The van der Waals surface area contributed by atoms with Gasteiger partial charge in [0.25, 0.3) is 0 Å². The molecule has 0 aliphatic carbocycles. The van der Waals surface area contributed by atoms with Gasteiger partial charge in [0.15, 0.2) is 0 Å². The lowest BCUT2D eigenvalue weighted by Crippen LogP contribution is -2.33. The number of rotatable bonds is 2. The number of fused-ring (bicyclic) bond motifs is 1. The summed E-state index contributed by atoms with van der Waals surface area (Å²) >= 11 is 0. The van der Waals surface area contributed by atoms with Crippen molar-refractivity contribution in [3.8, 4) is 0 Å². The van der Waals surface area contributed by atoms with Gasteiger partial charge in [-0.05, 0) is 55.1 Å². The van der Waals surface area contributed by atoms with Gasteiger partial charge in [0.05, 0.1) is 0 Å². The lowest BCUT2D eigenvalue weighted by Gasteiger charge is -2.35. The zero-order valence-electron chi connectivity index (χ0n) is 10.4. The van der Waals surface area contributed by atoms with Crippen LogP contribution in [0.3, 0.4) is 0 Å². The topological polar surface area (TPSA) is 19.0 Å². The van der Waals surface area contributed by atoms with E-state index in [9.17, 15) is 0 Å². The highest BCUT2D eigenvalue weighted by atomic mass is 15.2. The molecule has 1 aliphatic heterocycles. The van der Waals surface area contributed by atoms with Crippen molar-refractivity contribution in [1.29, 1.82) is 0 Å². The van der Waals surface area contributed by atoms with Crippen LogP contribution in [0.4, 0.5) is 0 Å². The molecule has 2 aromatic rings.